The summed E-state index contributed by atoms with van der Waals surface area (Å²) >= 11 is 0. The van der Waals surface area contributed by atoms with Crippen LogP contribution in [0.1, 0.15) is 20.7 Å². The van der Waals surface area contributed by atoms with Gasteiger partial charge in [0.2, 0.25) is 0 Å². The molecule has 0 unspecified atom stereocenters. The van der Waals surface area contributed by atoms with E-state index in [4.69, 9.17) is 0 Å². The minimum Gasteiger partial charge on any atom is -0.545 e. The molecule has 24 heavy (non-hydrogen) atoms. The Morgan fingerprint density at radius 2 is 1.46 bits per heavy atom. The molecule has 10 heteroatoms. The van der Waals surface area contributed by atoms with E-state index in [9.17, 15) is 34.9 Å². The largest absolute Gasteiger partial charge is 0.545 e. The summed E-state index contributed by atoms with van der Waals surface area (Å²) in [5, 5.41) is 34.7. The predicted molar refractivity (Wildman–Crippen MR) is 78.5 cm³/mol. The molecule has 0 heterocycles. The second kappa shape index (κ2) is 6.52. The average molecular weight is 330 g/mol. The van der Waals surface area contributed by atoms with Gasteiger partial charge in [-0.15, -0.1) is 0 Å². The van der Waals surface area contributed by atoms with Gasteiger partial charge in [-0.3, -0.25) is 25.0 Å². The zero-order chi connectivity index (χ0) is 17.9. The quantitative estimate of drug-likeness (QED) is 0.635. The number of aromatic carboxylic acids is 1. The Bertz CT molecular complexity index is 831. The van der Waals surface area contributed by atoms with Crippen LogP contribution in [0.25, 0.3) is 0 Å². The molecule has 0 aliphatic heterocycles. The molecule has 2 rings (SSSR count). The number of carbonyl (C=O) groups excluding carboxylic acids is 2. The van der Waals surface area contributed by atoms with Gasteiger partial charge < -0.3 is 15.2 Å². The first kappa shape index (κ1) is 16.5. The molecule has 0 radical (unpaired) electrons. The average Bonchev–Trinajstić information content (AvgIpc) is 2.54. The second-order valence-electron chi connectivity index (χ2n) is 4.57. The Balaban J connectivity index is 2.35. The Morgan fingerprint density at radius 1 is 0.875 bits per heavy atom. The van der Waals surface area contributed by atoms with Crippen molar-refractivity contribution in [3.05, 3.63) is 73.8 Å². The summed E-state index contributed by atoms with van der Waals surface area (Å²) in [6.45, 7) is 0. The van der Waals surface area contributed by atoms with E-state index in [2.05, 4.69) is 5.32 Å². The van der Waals surface area contributed by atoms with Gasteiger partial charge >= 0.3 is 0 Å². The molecule has 1 N–H and O–H groups in total. The highest BCUT2D eigenvalue weighted by Gasteiger charge is 2.20. The number of rotatable bonds is 5. The van der Waals surface area contributed by atoms with Crippen LogP contribution in [0.15, 0.2) is 42.5 Å². The zero-order valence-electron chi connectivity index (χ0n) is 11.8. The molecule has 0 spiro atoms. The summed E-state index contributed by atoms with van der Waals surface area (Å²) < 4.78 is 0. The van der Waals surface area contributed by atoms with Crippen molar-refractivity contribution < 1.29 is 24.5 Å². The number of non-ortho nitro benzene ring substituents is 2. The minimum absolute atomic E-state index is 0.0934. The number of benzene rings is 2. The van der Waals surface area contributed by atoms with Crippen molar-refractivity contribution in [2.75, 3.05) is 5.32 Å². The van der Waals surface area contributed by atoms with Crippen molar-refractivity contribution in [2.24, 2.45) is 0 Å². The van der Waals surface area contributed by atoms with Crippen LogP contribution in [0.2, 0.25) is 0 Å². The van der Waals surface area contributed by atoms with Crippen LogP contribution in [0, 0.1) is 20.2 Å². The fourth-order valence-electron chi connectivity index (χ4n) is 1.86. The Morgan fingerprint density at radius 3 is 1.96 bits per heavy atom. The third-order valence-electron chi connectivity index (χ3n) is 2.94. The number of hydrogen-bond acceptors (Lipinski definition) is 7. The van der Waals surface area contributed by atoms with E-state index in [-0.39, 0.29) is 16.8 Å². The Kier molecular flexibility index (Phi) is 4.50. The molecule has 0 saturated carbocycles. The molecular weight excluding hydrogens is 322 g/mol. The molecular formula is C14H8N3O7-. The number of carboxylic acids is 1. The SMILES string of the molecule is O=C([O-])c1cccc(NC(=O)c2cc([N+](=O)[O-])cc([N+](=O)[O-])c2)c1. The number of carboxylic acid groups (broad SMARTS) is 1. The lowest BCUT2D eigenvalue weighted by Crippen LogP contribution is -2.22. The minimum atomic E-state index is -1.45. The molecule has 10 nitrogen and oxygen atoms in total. The Labute approximate surface area is 133 Å². The molecule has 122 valence electrons. The van der Waals surface area contributed by atoms with Crippen molar-refractivity contribution >= 4 is 28.9 Å². The maximum Gasteiger partial charge on any atom is 0.277 e. The summed E-state index contributed by atoms with van der Waals surface area (Å²) in [7, 11) is 0. The molecule has 0 fully saturated rings. The fourth-order valence-corrected chi connectivity index (χ4v) is 1.86. The van der Waals surface area contributed by atoms with E-state index < -0.39 is 33.1 Å². The topological polar surface area (TPSA) is 156 Å². The maximum absolute atomic E-state index is 12.1. The lowest BCUT2D eigenvalue weighted by Gasteiger charge is -2.08. The number of amides is 1. The highest BCUT2D eigenvalue weighted by molar-refractivity contribution is 6.05. The van der Waals surface area contributed by atoms with E-state index in [1.165, 1.54) is 18.2 Å². The molecule has 0 atom stereocenters. The lowest BCUT2D eigenvalue weighted by molar-refractivity contribution is -0.394. The number of carbonyl (C=O) groups is 2. The van der Waals surface area contributed by atoms with Gasteiger partial charge in [0.1, 0.15) is 0 Å². The van der Waals surface area contributed by atoms with Crippen LogP contribution in [0.5, 0.6) is 0 Å². The van der Waals surface area contributed by atoms with E-state index in [1.54, 1.807) is 0 Å². The third-order valence-corrected chi connectivity index (χ3v) is 2.94. The van der Waals surface area contributed by atoms with Crippen LogP contribution in [-0.4, -0.2) is 21.7 Å². The van der Waals surface area contributed by atoms with Gasteiger partial charge in [-0.05, 0) is 17.7 Å². The monoisotopic (exact) mass is 330 g/mol. The highest BCUT2D eigenvalue weighted by Crippen LogP contribution is 2.23. The molecule has 2 aromatic rings. The molecule has 0 aromatic heterocycles. The Hall–Kier alpha value is -3.82. The third kappa shape index (κ3) is 3.68. The smallest absolute Gasteiger partial charge is 0.277 e. The highest BCUT2D eigenvalue weighted by atomic mass is 16.6. The zero-order valence-corrected chi connectivity index (χ0v) is 11.8. The summed E-state index contributed by atoms with van der Waals surface area (Å²) in [6.07, 6.45) is 0. The van der Waals surface area contributed by atoms with Crippen LogP contribution >= 0.6 is 0 Å². The summed E-state index contributed by atoms with van der Waals surface area (Å²) in [5.41, 5.74) is -1.63. The number of anilines is 1. The molecule has 0 bridgehead atoms. The van der Waals surface area contributed by atoms with Gasteiger partial charge in [0.05, 0.1) is 27.4 Å². The number of nitro groups is 2. The van der Waals surface area contributed by atoms with Crippen molar-refractivity contribution in [3.63, 3.8) is 0 Å². The van der Waals surface area contributed by atoms with Crippen molar-refractivity contribution in [1.29, 1.82) is 0 Å². The fraction of sp³-hybridized carbons (Fsp3) is 0. The number of hydrogen-bond donors (Lipinski definition) is 1. The van der Waals surface area contributed by atoms with Gasteiger partial charge in [0.15, 0.2) is 0 Å². The van der Waals surface area contributed by atoms with Crippen molar-refractivity contribution in [3.8, 4) is 0 Å². The molecule has 0 saturated heterocycles. The summed E-state index contributed by atoms with van der Waals surface area (Å²) in [4.78, 5) is 42.8. The van der Waals surface area contributed by atoms with Gasteiger partial charge in [-0.2, -0.15) is 0 Å². The van der Waals surface area contributed by atoms with E-state index in [1.807, 2.05) is 0 Å². The van der Waals surface area contributed by atoms with Gasteiger partial charge in [0, 0.05) is 17.8 Å². The van der Waals surface area contributed by atoms with Crippen LogP contribution < -0.4 is 10.4 Å². The first-order valence-electron chi connectivity index (χ1n) is 6.34. The molecule has 1 amide bonds. The van der Waals surface area contributed by atoms with Crippen molar-refractivity contribution in [2.45, 2.75) is 0 Å². The molecule has 2 aromatic carbocycles. The van der Waals surface area contributed by atoms with E-state index in [0.717, 1.165) is 24.3 Å². The normalized spacial score (nSPS) is 10.0. The molecule has 0 aliphatic rings. The van der Waals surface area contributed by atoms with Crippen LogP contribution in [0.4, 0.5) is 17.1 Å². The van der Waals surface area contributed by atoms with Crippen LogP contribution in [-0.2, 0) is 0 Å². The standard InChI is InChI=1S/C14H9N3O7/c18-13(15-10-3-1-2-8(4-10)14(19)20)9-5-11(16(21)22)7-12(6-9)17(23)24/h1-7H,(H,15,18)(H,19,20)/p-1. The van der Waals surface area contributed by atoms with Crippen LogP contribution in [0.3, 0.4) is 0 Å². The number of nitrogens with zero attached hydrogens (tertiary/aromatic N) is 2. The van der Waals surface area contributed by atoms with Crippen molar-refractivity contribution in [1.82, 2.24) is 0 Å². The van der Waals surface area contributed by atoms with Gasteiger partial charge in [0.25, 0.3) is 17.3 Å². The van der Waals surface area contributed by atoms with Gasteiger partial charge in [-0.25, -0.2) is 0 Å². The summed E-state index contributed by atoms with van der Waals surface area (Å²) in [6, 6.07) is 7.61. The van der Waals surface area contributed by atoms with E-state index in [0.29, 0.717) is 0 Å². The lowest BCUT2D eigenvalue weighted by atomic mass is 10.1. The first-order valence-corrected chi connectivity index (χ1v) is 6.34. The summed E-state index contributed by atoms with van der Waals surface area (Å²) in [5.74, 6) is -2.31. The maximum atomic E-state index is 12.1. The molecule has 0 aliphatic carbocycles. The number of nitro benzene ring substituents is 2. The van der Waals surface area contributed by atoms with Gasteiger partial charge in [-0.1, -0.05) is 12.1 Å². The number of nitrogens with one attached hydrogen (secondary N) is 1. The first-order chi connectivity index (χ1) is 11.3. The second-order valence-corrected chi connectivity index (χ2v) is 4.57. The predicted octanol–water partition coefficient (Wildman–Crippen LogP) is 1.12. The van der Waals surface area contributed by atoms with E-state index >= 15 is 0 Å².